The lowest BCUT2D eigenvalue weighted by atomic mass is 9.90. The van der Waals surface area contributed by atoms with Crippen LogP contribution in [0.15, 0.2) is 0 Å². The van der Waals surface area contributed by atoms with E-state index in [1.165, 1.54) is 38.9 Å². The summed E-state index contributed by atoms with van der Waals surface area (Å²) in [5, 5.41) is 5.96. The van der Waals surface area contributed by atoms with E-state index in [1.807, 2.05) is 0 Å². The standard InChI is InChI=1S/C13H27N3O/c1-4-7-16-8-5-12(6-9-16)11(2)15-10-13(17)14-3/h11-12,15H,4-10H2,1-3H3,(H,14,17). The lowest BCUT2D eigenvalue weighted by Crippen LogP contribution is -2.44. The van der Waals surface area contributed by atoms with Gasteiger partial charge in [-0.2, -0.15) is 0 Å². The molecule has 1 atom stereocenters. The van der Waals surface area contributed by atoms with E-state index < -0.39 is 0 Å². The molecule has 4 nitrogen and oxygen atoms in total. The van der Waals surface area contributed by atoms with Crippen molar-refractivity contribution in [3.05, 3.63) is 0 Å². The highest BCUT2D eigenvalue weighted by Gasteiger charge is 2.23. The van der Waals surface area contributed by atoms with Gasteiger partial charge in [0, 0.05) is 13.1 Å². The van der Waals surface area contributed by atoms with Crippen LogP contribution in [0.2, 0.25) is 0 Å². The molecule has 4 heteroatoms. The maximum atomic E-state index is 11.2. The van der Waals surface area contributed by atoms with Gasteiger partial charge in [0.25, 0.3) is 0 Å². The Kier molecular flexibility index (Phi) is 6.52. The van der Waals surface area contributed by atoms with Gasteiger partial charge in [-0.1, -0.05) is 6.92 Å². The fourth-order valence-corrected chi connectivity index (χ4v) is 2.50. The van der Waals surface area contributed by atoms with Gasteiger partial charge in [0.15, 0.2) is 0 Å². The smallest absolute Gasteiger partial charge is 0.233 e. The Balaban J connectivity index is 2.21. The van der Waals surface area contributed by atoms with E-state index in [-0.39, 0.29) is 5.91 Å². The fraction of sp³-hybridized carbons (Fsp3) is 0.923. The van der Waals surface area contributed by atoms with Crippen molar-refractivity contribution in [3.63, 3.8) is 0 Å². The van der Waals surface area contributed by atoms with Crippen molar-refractivity contribution in [1.82, 2.24) is 15.5 Å². The number of hydrogen-bond donors (Lipinski definition) is 2. The molecule has 2 N–H and O–H groups in total. The Bertz CT molecular complexity index is 225. The largest absolute Gasteiger partial charge is 0.358 e. The van der Waals surface area contributed by atoms with Crippen LogP contribution in [0.5, 0.6) is 0 Å². The lowest BCUT2D eigenvalue weighted by molar-refractivity contribution is -0.119. The van der Waals surface area contributed by atoms with Crippen molar-refractivity contribution in [1.29, 1.82) is 0 Å². The molecular formula is C13H27N3O. The highest BCUT2D eigenvalue weighted by Crippen LogP contribution is 2.20. The summed E-state index contributed by atoms with van der Waals surface area (Å²) >= 11 is 0. The Morgan fingerprint density at radius 1 is 1.41 bits per heavy atom. The van der Waals surface area contributed by atoms with Crippen LogP contribution in [0.25, 0.3) is 0 Å². The highest BCUT2D eigenvalue weighted by molar-refractivity contribution is 5.77. The molecule has 100 valence electrons. The average Bonchev–Trinajstić information content (AvgIpc) is 2.36. The van der Waals surface area contributed by atoms with Gasteiger partial charge in [0.2, 0.25) is 5.91 Å². The molecule has 17 heavy (non-hydrogen) atoms. The van der Waals surface area contributed by atoms with Crippen LogP contribution in [0, 0.1) is 5.92 Å². The molecule has 0 aliphatic carbocycles. The maximum Gasteiger partial charge on any atom is 0.233 e. The van der Waals surface area contributed by atoms with Crippen molar-refractivity contribution >= 4 is 5.91 Å². The number of carbonyl (C=O) groups excluding carboxylic acids is 1. The van der Waals surface area contributed by atoms with Crippen molar-refractivity contribution in [2.75, 3.05) is 33.2 Å². The van der Waals surface area contributed by atoms with Gasteiger partial charge in [0.1, 0.15) is 0 Å². The number of rotatable bonds is 6. The van der Waals surface area contributed by atoms with E-state index in [4.69, 9.17) is 0 Å². The van der Waals surface area contributed by atoms with Crippen LogP contribution in [-0.4, -0.2) is 50.1 Å². The first-order valence-electron chi connectivity index (χ1n) is 6.83. The molecule has 0 aromatic rings. The van der Waals surface area contributed by atoms with Gasteiger partial charge in [-0.25, -0.2) is 0 Å². The average molecular weight is 241 g/mol. The second-order valence-electron chi connectivity index (χ2n) is 5.02. The Morgan fingerprint density at radius 3 is 2.59 bits per heavy atom. The topological polar surface area (TPSA) is 44.4 Å². The molecule has 0 aromatic carbocycles. The summed E-state index contributed by atoms with van der Waals surface area (Å²) in [6.45, 7) is 8.53. The number of amides is 1. The fourth-order valence-electron chi connectivity index (χ4n) is 2.50. The number of piperidine rings is 1. The predicted octanol–water partition coefficient (Wildman–Crippen LogP) is 0.833. The first kappa shape index (κ1) is 14.5. The van der Waals surface area contributed by atoms with Crippen LogP contribution in [0.1, 0.15) is 33.1 Å². The number of nitrogens with zero attached hydrogens (tertiary/aromatic N) is 1. The number of carbonyl (C=O) groups is 1. The van der Waals surface area contributed by atoms with E-state index in [1.54, 1.807) is 7.05 Å². The minimum absolute atomic E-state index is 0.0697. The molecule has 0 spiro atoms. The van der Waals surface area contributed by atoms with Gasteiger partial charge < -0.3 is 15.5 Å². The summed E-state index contributed by atoms with van der Waals surface area (Å²) in [6.07, 6.45) is 3.75. The molecule has 1 unspecified atom stereocenters. The van der Waals surface area contributed by atoms with Crippen LogP contribution < -0.4 is 10.6 Å². The molecule has 0 saturated carbocycles. The molecule has 0 radical (unpaired) electrons. The third kappa shape index (κ3) is 5.04. The van der Waals surface area contributed by atoms with E-state index >= 15 is 0 Å². The Labute approximate surface area is 105 Å². The van der Waals surface area contributed by atoms with Crippen LogP contribution in [-0.2, 0) is 4.79 Å². The second-order valence-corrected chi connectivity index (χ2v) is 5.02. The predicted molar refractivity (Wildman–Crippen MR) is 71.0 cm³/mol. The molecular weight excluding hydrogens is 214 g/mol. The molecule has 1 amide bonds. The second kappa shape index (κ2) is 7.67. The zero-order valence-corrected chi connectivity index (χ0v) is 11.5. The van der Waals surface area contributed by atoms with E-state index in [0.29, 0.717) is 18.5 Å². The zero-order chi connectivity index (χ0) is 12.7. The minimum Gasteiger partial charge on any atom is -0.358 e. The van der Waals surface area contributed by atoms with Gasteiger partial charge in [-0.05, 0) is 51.7 Å². The molecule has 0 aromatic heterocycles. The third-order valence-electron chi connectivity index (χ3n) is 3.74. The molecule has 1 fully saturated rings. The van der Waals surface area contributed by atoms with Gasteiger partial charge in [-0.3, -0.25) is 4.79 Å². The molecule has 0 bridgehead atoms. The van der Waals surface area contributed by atoms with Crippen LogP contribution >= 0.6 is 0 Å². The van der Waals surface area contributed by atoms with Crippen molar-refractivity contribution in [2.45, 2.75) is 39.2 Å². The summed E-state index contributed by atoms with van der Waals surface area (Å²) in [7, 11) is 1.68. The number of likely N-dealkylation sites (tertiary alicyclic amines) is 1. The van der Waals surface area contributed by atoms with E-state index in [2.05, 4.69) is 29.4 Å². The highest BCUT2D eigenvalue weighted by atomic mass is 16.1. The maximum absolute atomic E-state index is 11.2. The van der Waals surface area contributed by atoms with Crippen LogP contribution in [0.3, 0.4) is 0 Å². The lowest BCUT2D eigenvalue weighted by Gasteiger charge is -2.35. The summed E-state index contributed by atoms with van der Waals surface area (Å²) in [6, 6.07) is 0.441. The molecule has 1 aliphatic heterocycles. The summed E-state index contributed by atoms with van der Waals surface area (Å²) < 4.78 is 0. The first-order valence-corrected chi connectivity index (χ1v) is 6.83. The van der Waals surface area contributed by atoms with Crippen molar-refractivity contribution < 1.29 is 4.79 Å². The minimum atomic E-state index is 0.0697. The van der Waals surface area contributed by atoms with E-state index in [0.717, 1.165) is 0 Å². The summed E-state index contributed by atoms with van der Waals surface area (Å²) in [5.41, 5.74) is 0. The first-order chi connectivity index (χ1) is 8.17. The van der Waals surface area contributed by atoms with Crippen LogP contribution in [0.4, 0.5) is 0 Å². The molecule has 1 heterocycles. The number of likely N-dealkylation sites (N-methyl/N-ethyl adjacent to an activating group) is 1. The quantitative estimate of drug-likeness (QED) is 0.724. The van der Waals surface area contributed by atoms with Gasteiger partial charge >= 0.3 is 0 Å². The Hall–Kier alpha value is -0.610. The van der Waals surface area contributed by atoms with Crippen molar-refractivity contribution in [3.8, 4) is 0 Å². The Morgan fingerprint density at radius 2 is 2.06 bits per heavy atom. The molecule has 1 rings (SSSR count). The van der Waals surface area contributed by atoms with Gasteiger partial charge in [0.05, 0.1) is 6.54 Å². The summed E-state index contributed by atoms with van der Waals surface area (Å²) in [5.74, 6) is 0.785. The normalized spacial score (nSPS) is 20.2. The summed E-state index contributed by atoms with van der Waals surface area (Å²) in [4.78, 5) is 13.7. The molecule has 1 aliphatic rings. The van der Waals surface area contributed by atoms with Crippen molar-refractivity contribution in [2.24, 2.45) is 5.92 Å². The van der Waals surface area contributed by atoms with E-state index in [9.17, 15) is 4.79 Å². The monoisotopic (exact) mass is 241 g/mol. The zero-order valence-electron chi connectivity index (χ0n) is 11.5. The third-order valence-corrected chi connectivity index (χ3v) is 3.74. The number of hydrogen-bond acceptors (Lipinski definition) is 3. The molecule has 1 saturated heterocycles. The SMILES string of the molecule is CCCN1CCC(C(C)NCC(=O)NC)CC1. The number of nitrogens with one attached hydrogen (secondary N) is 2. The van der Waals surface area contributed by atoms with Gasteiger partial charge in [-0.15, -0.1) is 0 Å².